The van der Waals surface area contributed by atoms with Crippen LogP contribution < -0.4 is 5.32 Å². The molecule has 2 heterocycles. The zero-order chi connectivity index (χ0) is 23.3. The lowest BCUT2D eigenvalue weighted by molar-refractivity contribution is -0.133. The number of hydrogen-bond donors (Lipinski definition) is 1. The zero-order valence-electron chi connectivity index (χ0n) is 19.4. The SMILES string of the molecule is CCNC(=O)C1(Cc2cccc(-c3cccc(C)c3)c2)CCCN(C(=O)c2ccccn2)C1. The predicted molar refractivity (Wildman–Crippen MR) is 131 cm³/mol. The van der Waals surface area contributed by atoms with Crippen molar-refractivity contribution < 1.29 is 9.59 Å². The number of nitrogens with one attached hydrogen (secondary N) is 1. The third kappa shape index (κ3) is 5.14. The Labute approximate surface area is 195 Å². The van der Waals surface area contributed by atoms with E-state index in [9.17, 15) is 9.59 Å². The molecule has 1 aliphatic rings. The van der Waals surface area contributed by atoms with Crippen LogP contribution in [-0.4, -0.2) is 41.3 Å². The number of hydrogen-bond acceptors (Lipinski definition) is 3. The second kappa shape index (κ2) is 9.99. The maximum Gasteiger partial charge on any atom is 0.272 e. The standard InChI is InChI=1S/C28H31N3O2/c1-3-29-27(33)28(14-8-16-31(20-28)26(32)25-13-4-5-15-30-25)19-22-10-7-12-24(18-22)23-11-6-9-21(2)17-23/h4-7,9-13,15,17-18H,3,8,14,16,19-20H2,1-2H3,(H,29,33). The predicted octanol–water partition coefficient (Wildman–Crippen LogP) is 4.66. The summed E-state index contributed by atoms with van der Waals surface area (Å²) < 4.78 is 0. The molecule has 1 atom stereocenters. The van der Waals surface area contributed by atoms with Crippen LogP contribution in [-0.2, 0) is 11.2 Å². The molecule has 1 aliphatic heterocycles. The highest BCUT2D eigenvalue weighted by atomic mass is 16.2. The number of rotatable bonds is 6. The molecule has 2 amide bonds. The van der Waals surface area contributed by atoms with Crippen LogP contribution in [0, 0.1) is 12.3 Å². The smallest absolute Gasteiger partial charge is 0.272 e. The minimum absolute atomic E-state index is 0.0180. The van der Waals surface area contributed by atoms with Crippen LogP contribution in [0.3, 0.4) is 0 Å². The summed E-state index contributed by atoms with van der Waals surface area (Å²) in [5.41, 5.74) is 4.38. The van der Waals surface area contributed by atoms with E-state index in [0.717, 1.165) is 24.0 Å². The summed E-state index contributed by atoms with van der Waals surface area (Å²) >= 11 is 0. The summed E-state index contributed by atoms with van der Waals surface area (Å²) in [5, 5.41) is 3.04. The molecule has 33 heavy (non-hydrogen) atoms. The molecule has 0 radical (unpaired) electrons. The van der Waals surface area contributed by atoms with Crippen LogP contribution in [0.4, 0.5) is 0 Å². The quantitative estimate of drug-likeness (QED) is 0.605. The Morgan fingerprint density at radius 1 is 1.03 bits per heavy atom. The van der Waals surface area contributed by atoms with E-state index >= 15 is 0 Å². The van der Waals surface area contributed by atoms with Crippen molar-refractivity contribution in [2.75, 3.05) is 19.6 Å². The first-order chi connectivity index (χ1) is 16.0. The number of aryl methyl sites for hydroxylation is 1. The minimum atomic E-state index is -0.663. The summed E-state index contributed by atoms with van der Waals surface area (Å²) in [4.78, 5) is 32.5. The molecule has 5 heteroatoms. The van der Waals surface area contributed by atoms with Gasteiger partial charge in [-0.25, -0.2) is 0 Å². The number of amides is 2. The molecule has 2 aromatic carbocycles. The van der Waals surface area contributed by atoms with E-state index in [1.165, 1.54) is 11.1 Å². The molecule has 1 saturated heterocycles. The van der Waals surface area contributed by atoms with Crippen molar-refractivity contribution in [2.45, 2.75) is 33.1 Å². The lowest BCUT2D eigenvalue weighted by atomic mass is 9.74. The largest absolute Gasteiger partial charge is 0.356 e. The van der Waals surface area contributed by atoms with E-state index in [-0.39, 0.29) is 11.8 Å². The lowest BCUT2D eigenvalue weighted by Crippen LogP contribution is -2.54. The first-order valence-corrected chi connectivity index (χ1v) is 11.7. The molecule has 170 valence electrons. The van der Waals surface area contributed by atoms with E-state index in [0.29, 0.717) is 31.7 Å². The molecule has 1 unspecified atom stereocenters. The van der Waals surface area contributed by atoms with Crippen molar-refractivity contribution in [3.63, 3.8) is 0 Å². The van der Waals surface area contributed by atoms with Gasteiger partial charge in [0, 0.05) is 25.8 Å². The van der Waals surface area contributed by atoms with Crippen LogP contribution in [0.25, 0.3) is 11.1 Å². The first kappa shape index (κ1) is 22.7. The number of aromatic nitrogens is 1. The number of benzene rings is 2. The number of carbonyl (C=O) groups excluding carboxylic acids is 2. The molecule has 1 fully saturated rings. The van der Waals surface area contributed by atoms with Crippen LogP contribution in [0.15, 0.2) is 72.9 Å². The van der Waals surface area contributed by atoms with Crippen molar-refractivity contribution in [1.82, 2.24) is 15.2 Å². The van der Waals surface area contributed by atoms with Gasteiger partial charge in [0.05, 0.1) is 5.41 Å². The molecule has 5 nitrogen and oxygen atoms in total. The highest BCUT2D eigenvalue weighted by Gasteiger charge is 2.43. The number of pyridine rings is 1. The van der Waals surface area contributed by atoms with E-state index in [2.05, 4.69) is 65.8 Å². The number of likely N-dealkylation sites (tertiary alicyclic amines) is 1. The van der Waals surface area contributed by atoms with Gasteiger partial charge in [0.15, 0.2) is 0 Å². The van der Waals surface area contributed by atoms with Gasteiger partial charge in [-0.2, -0.15) is 0 Å². The van der Waals surface area contributed by atoms with Crippen LogP contribution in [0.5, 0.6) is 0 Å². The summed E-state index contributed by atoms with van der Waals surface area (Å²) in [5.74, 6) is -0.0954. The second-order valence-electron chi connectivity index (χ2n) is 8.93. The monoisotopic (exact) mass is 441 g/mol. The lowest BCUT2D eigenvalue weighted by Gasteiger charge is -2.41. The molecule has 3 aromatic rings. The van der Waals surface area contributed by atoms with Crippen LogP contribution in [0.2, 0.25) is 0 Å². The fraction of sp³-hybridized carbons (Fsp3) is 0.321. The van der Waals surface area contributed by atoms with E-state index < -0.39 is 5.41 Å². The topological polar surface area (TPSA) is 62.3 Å². The molecule has 0 saturated carbocycles. The summed E-state index contributed by atoms with van der Waals surface area (Å²) in [6.45, 7) is 5.62. The Hall–Kier alpha value is -3.47. The highest BCUT2D eigenvalue weighted by molar-refractivity contribution is 5.93. The number of nitrogens with zero attached hydrogens (tertiary/aromatic N) is 2. The van der Waals surface area contributed by atoms with Gasteiger partial charge in [-0.15, -0.1) is 0 Å². The summed E-state index contributed by atoms with van der Waals surface area (Å²) in [7, 11) is 0. The fourth-order valence-corrected chi connectivity index (χ4v) is 4.79. The van der Waals surface area contributed by atoms with E-state index in [1.54, 1.807) is 23.2 Å². The maximum absolute atomic E-state index is 13.4. The van der Waals surface area contributed by atoms with Crippen LogP contribution in [0.1, 0.15) is 41.4 Å². The van der Waals surface area contributed by atoms with Crippen molar-refractivity contribution in [3.8, 4) is 11.1 Å². The van der Waals surface area contributed by atoms with Gasteiger partial charge < -0.3 is 10.2 Å². The molecule has 0 spiro atoms. The van der Waals surface area contributed by atoms with Gasteiger partial charge in [0.2, 0.25) is 5.91 Å². The van der Waals surface area contributed by atoms with Crippen molar-refractivity contribution >= 4 is 11.8 Å². The van der Waals surface area contributed by atoms with Gasteiger partial charge in [0.1, 0.15) is 5.69 Å². The Balaban J connectivity index is 1.63. The normalized spacial score (nSPS) is 18.1. The molecule has 1 N–H and O–H groups in total. The third-order valence-corrected chi connectivity index (χ3v) is 6.39. The van der Waals surface area contributed by atoms with Crippen molar-refractivity contribution in [1.29, 1.82) is 0 Å². The van der Waals surface area contributed by atoms with Gasteiger partial charge in [-0.1, -0.05) is 60.2 Å². The van der Waals surface area contributed by atoms with Gasteiger partial charge in [-0.05, 0) is 61.9 Å². The summed E-state index contributed by atoms with van der Waals surface area (Å²) in [6, 6.07) is 22.2. The highest BCUT2D eigenvalue weighted by Crippen LogP contribution is 2.36. The average Bonchev–Trinajstić information content (AvgIpc) is 2.84. The maximum atomic E-state index is 13.4. The Morgan fingerprint density at radius 2 is 1.82 bits per heavy atom. The van der Waals surface area contributed by atoms with Gasteiger partial charge >= 0.3 is 0 Å². The number of carbonyl (C=O) groups is 2. The third-order valence-electron chi connectivity index (χ3n) is 6.39. The van der Waals surface area contributed by atoms with E-state index in [1.807, 2.05) is 13.0 Å². The first-order valence-electron chi connectivity index (χ1n) is 11.7. The molecule has 0 aliphatic carbocycles. The van der Waals surface area contributed by atoms with Crippen LogP contribution >= 0.6 is 0 Å². The Kier molecular flexibility index (Phi) is 6.87. The Morgan fingerprint density at radius 3 is 2.55 bits per heavy atom. The van der Waals surface area contributed by atoms with Crippen molar-refractivity contribution in [2.24, 2.45) is 5.41 Å². The van der Waals surface area contributed by atoms with Gasteiger partial charge in [-0.3, -0.25) is 14.6 Å². The number of piperidine rings is 1. The Bertz CT molecular complexity index is 1130. The van der Waals surface area contributed by atoms with E-state index in [4.69, 9.17) is 0 Å². The molecule has 4 rings (SSSR count). The zero-order valence-corrected chi connectivity index (χ0v) is 19.4. The summed E-state index contributed by atoms with van der Waals surface area (Å²) in [6.07, 6.45) is 3.75. The fourth-order valence-electron chi connectivity index (χ4n) is 4.79. The molecular formula is C28H31N3O2. The minimum Gasteiger partial charge on any atom is -0.356 e. The van der Waals surface area contributed by atoms with Gasteiger partial charge in [0.25, 0.3) is 5.91 Å². The molecular weight excluding hydrogens is 410 g/mol. The average molecular weight is 442 g/mol. The van der Waals surface area contributed by atoms with Crippen molar-refractivity contribution in [3.05, 3.63) is 89.7 Å². The molecule has 1 aromatic heterocycles. The second-order valence-corrected chi connectivity index (χ2v) is 8.93. The molecule has 0 bridgehead atoms.